The number of hydrogen-bond acceptors (Lipinski definition) is 1. The molecular weight excluding hydrogens is 275 g/mol. The average Bonchev–Trinajstić information content (AvgIpc) is 2.45. The predicted octanol–water partition coefficient (Wildman–Crippen LogP) is 4.99. The molecule has 0 aromatic heterocycles. The van der Waals surface area contributed by atoms with Gasteiger partial charge in [-0.15, -0.1) is 0 Å². The molecular formula is C17H24ClFO. The summed E-state index contributed by atoms with van der Waals surface area (Å²) in [5, 5.41) is 10.5. The van der Waals surface area contributed by atoms with E-state index in [2.05, 4.69) is 6.92 Å². The van der Waals surface area contributed by atoms with E-state index in [0.717, 1.165) is 18.8 Å². The Morgan fingerprint density at radius 3 is 2.65 bits per heavy atom. The van der Waals surface area contributed by atoms with Crippen molar-refractivity contribution in [3.8, 4) is 0 Å². The van der Waals surface area contributed by atoms with Crippen LogP contribution >= 0.6 is 11.6 Å². The van der Waals surface area contributed by atoms with Gasteiger partial charge >= 0.3 is 0 Å². The number of halogens is 2. The highest BCUT2D eigenvalue weighted by molar-refractivity contribution is 6.30. The first-order valence-electron chi connectivity index (χ1n) is 7.72. The van der Waals surface area contributed by atoms with Crippen LogP contribution in [0.15, 0.2) is 18.2 Å². The molecule has 0 aliphatic heterocycles. The molecule has 2 rings (SSSR count). The van der Waals surface area contributed by atoms with Crippen molar-refractivity contribution in [2.75, 3.05) is 0 Å². The lowest BCUT2D eigenvalue weighted by Gasteiger charge is -2.31. The molecule has 1 aliphatic carbocycles. The quantitative estimate of drug-likeness (QED) is 0.812. The van der Waals surface area contributed by atoms with E-state index < -0.39 is 6.10 Å². The molecule has 1 aliphatic rings. The maximum absolute atomic E-state index is 13.8. The molecule has 0 spiro atoms. The van der Waals surface area contributed by atoms with Crippen LogP contribution in [0.25, 0.3) is 0 Å². The Hall–Kier alpha value is -0.600. The molecule has 0 saturated heterocycles. The number of aliphatic hydroxyl groups is 1. The van der Waals surface area contributed by atoms with Crippen molar-refractivity contribution in [3.05, 3.63) is 34.6 Å². The summed E-state index contributed by atoms with van der Waals surface area (Å²) in [7, 11) is 0. The molecule has 1 N–H and O–H groups in total. The lowest BCUT2D eigenvalue weighted by atomic mass is 9.77. The summed E-state index contributed by atoms with van der Waals surface area (Å²) in [6, 6.07) is 5.00. The van der Waals surface area contributed by atoms with Crippen LogP contribution in [0.1, 0.15) is 51.0 Å². The van der Waals surface area contributed by atoms with Gasteiger partial charge in [0.25, 0.3) is 0 Å². The molecule has 1 fully saturated rings. The van der Waals surface area contributed by atoms with Crippen molar-refractivity contribution in [2.24, 2.45) is 11.8 Å². The number of rotatable bonds is 5. The van der Waals surface area contributed by atoms with Gasteiger partial charge in [0.2, 0.25) is 0 Å². The molecule has 0 radical (unpaired) electrons. The summed E-state index contributed by atoms with van der Waals surface area (Å²) in [5.41, 5.74) is 0.528. The largest absolute Gasteiger partial charge is 0.392 e. The summed E-state index contributed by atoms with van der Waals surface area (Å²) < 4.78 is 13.8. The number of aliphatic hydroxyl groups excluding tert-OH is 1. The van der Waals surface area contributed by atoms with Gasteiger partial charge in [-0.2, -0.15) is 0 Å². The fourth-order valence-electron chi connectivity index (χ4n) is 3.37. The van der Waals surface area contributed by atoms with Crippen LogP contribution in [0.3, 0.4) is 0 Å². The van der Waals surface area contributed by atoms with Crippen LogP contribution < -0.4 is 0 Å². The van der Waals surface area contributed by atoms with Crippen molar-refractivity contribution in [2.45, 2.75) is 58.0 Å². The molecule has 1 nitrogen and oxygen atoms in total. The lowest BCUT2D eigenvalue weighted by molar-refractivity contribution is 0.0721. The van der Waals surface area contributed by atoms with Gasteiger partial charge < -0.3 is 5.11 Å². The number of benzene rings is 1. The summed E-state index contributed by atoms with van der Waals surface area (Å²) in [4.78, 5) is 0. The summed E-state index contributed by atoms with van der Waals surface area (Å²) in [5.74, 6) is 0.751. The second kappa shape index (κ2) is 7.42. The van der Waals surface area contributed by atoms with Gasteiger partial charge in [-0.05, 0) is 36.3 Å². The Balaban J connectivity index is 1.89. The molecule has 0 heterocycles. The van der Waals surface area contributed by atoms with Crippen molar-refractivity contribution < 1.29 is 9.50 Å². The summed E-state index contributed by atoms with van der Waals surface area (Å²) in [6.45, 7) is 2.23. The Morgan fingerprint density at radius 1 is 1.30 bits per heavy atom. The minimum absolute atomic E-state index is 0.140. The van der Waals surface area contributed by atoms with E-state index >= 15 is 0 Å². The maximum atomic E-state index is 13.8. The maximum Gasteiger partial charge on any atom is 0.145 e. The molecule has 1 atom stereocenters. The number of hydrogen-bond donors (Lipinski definition) is 1. The Morgan fingerprint density at radius 2 is 2.00 bits per heavy atom. The molecule has 112 valence electrons. The van der Waals surface area contributed by atoms with Crippen molar-refractivity contribution >= 4 is 11.6 Å². The Kier molecular flexibility index (Phi) is 5.86. The molecule has 1 unspecified atom stereocenters. The second-order valence-electron chi connectivity index (χ2n) is 6.05. The van der Waals surface area contributed by atoms with Gasteiger partial charge in [0.15, 0.2) is 0 Å². The van der Waals surface area contributed by atoms with Crippen molar-refractivity contribution in [1.82, 2.24) is 0 Å². The zero-order valence-electron chi connectivity index (χ0n) is 12.1. The zero-order valence-corrected chi connectivity index (χ0v) is 12.9. The molecule has 1 saturated carbocycles. The minimum Gasteiger partial charge on any atom is -0.392 e. The zero-order chi connectivity index (χ0) is 14.5. The van der Waals surface area contributed by atoms with Crippen LogP contribution in [-0.4, -0.2) is 11.2 Å². The fraction of sp³-hybridized carbons (Fsp3) is 0.647. The lowest BCUT2D eigenvalue weighted by Crippen LogP contribution is -2.27. The predicted molar refractivity (Wildman–Crippen MR) is 81.5 cm³/mol. The van der Waals surface area contributed by atoms with Gasteiger partial charge in [-0.25, -0.2) is 4.39 Å². The van der Waals surface area contributed by atoms with Gasteiger partial charge in [-0.3, -0.25) is 0 Å². The van der Waals surface area contributed by atoms with Gasteiger partial charge in [0.05, 0.1) is 11.1 Å². The van der Waals surface area contributed by atoms with Crippen LogP contribution in [0.2, 0.25) is 5.02 Å². The van der Waals surface area contributed by atoms with E-state index in [1.807, 2.05) is 0 Å². The first-order valence-corrected chi connectivity index (χ1v) is 8.10. The van der Waals surface area contributed by atoms with E-state index in [1.165, 1.54) is 25.7 Å². The highest BCUT2D eigenvalue weighted by Crippen LogP contribution is 2.34. The van der Waals surface area contributed by atoms with Crippen LogP contribution in [0, 0.1) is 17.7 Å². The molecule has 20 heavy (non-hydrogen) atoms. The average molecular weight is 299 g/mol. The third-order valence-electron chi connectivity index (χ3n) is 4.59. The molecule has 0 bridgehead atoms. The molecule has 1 aromatic carbocycles. The first kappa shape index (κ1) is 15.8. The fourth-order valence-corrected chi connectivity index (χ4v) is 3.56. The SMILES string of the molecule is CCCC1CCC(C(O)Cc2cccc(Cl)c2F)CC1. The van der Waals surface area contributed by atoms with E-state index in [0.29, 0.717) is 17.9 Å². The Bertz CT molecular complexity index is 427. The smallest absolute Gasteiger partial charge is 0.145 e. The van der Waals surface area contributed by atoms with Gasteiger partial charge in [0, 0.05) is 6.42 Å². The van der Waals surface area contributed by atoms with E-state index in [1.54, 1.807) is 18.2 Å². The second-order valence-corrected chi connectivity index (χ2v) is 6.46. The third-order valence-corrected chi connectivity index (χ3v) is 4.89. The van der Waals surface area contributed by atoms with Gasteiger partial charge in [-0.1, -0.05) is 56.3 Å². The van der Waals surface area contributed by atoms with Crippen LogP contribution in [0.4, 0.5) is 4.39 Å². The normalized spacial score (nSPS) is 24.6. The van der Waals surface area contributed by atoms with Crippen LogP contribution in [-0.2, 0) is 6.42 Å². The third kappa shape index (κ3) is 3.95. The standard InChI is InChI=1S/C17H24ClFO/c1-2-4-12-7-9-13(10-8-12)16(20)11-14-5-3-6-15(18)17(14)19/h3,5-6,12-13,16,20H,2,4,7-11H2,1H3. The van der Waals surface area contributed by atoms with E-state index in [4.69, 9.17) is 11.6 Å². The molecule has 0 amide bonds. The minimum atomic E-state index is -0.453. The summed E-state index contributed by atoms with van der Waals surface area (Å²) in [6.07, 6.45) is 6.99. The summed E-state index contributed by atoms with van der Waals surface area (Å²) >= 11 is 5.78. The van der Waals surface area contributed by atoms with Crippen LogP contribution in [0.5, 0.6) is 0 Å². The first-order chi connectivity index (χ1) is 9.61. The van der Waals surface area contributed by atoms with E-state index in [-0.39, 0.29) is 10.8 Å². The van der Waals surface area contributed by atoms with E-state index in [9.17, 15) is 9.50 Å². The monoisotopic (exact) mass is 298 g/mol. The highest BCUT2D eigenvalue weighted by atomic mass is 35.5. The molecule has 3 heteroatoms. The topological polar surface area (TPSA) is 20.2 Å². The Labute approximate surface area is 126 Å². The van der Waals surface area contributed by atoms with Crippen molar-refractivity contribution in [3.63, 3.8) is 0 Å². The van der Waals surface area contributed by atoms with Gasteiger partial charge in [0.1, 0.15) is 5.82 Å². The molecule has 1 aromatic rings. The highest BCUT2D eigenvalue weighted by Gasteiger charge is 2.26. The van der Waals surface area contributed by atoms with Crippen molar-refractivity contribution in [1.29, 1.82) is 0 Å².